The number of carbonyl (C=O) groups excluding carboxylic acids is 1. The molecule has 1 amide bonds. The van der Waals surface area contributed by atoms with Gasteiger partial charge in [0.05, 0.1) is 12.3 Å². The van der Waals surface area contributed by atoms with Gasteiger partial charge < -0.3 is 5.32 Å². The molecule has 6 nitrogen and oxygen atoms in total. The van der Waals surface area contributed by atoms with E-state index in [0.29, 0.717) is 32.7 Å². The molecule has 0 saturated carbocycles. The van der Waals surface area contributed by atoms with Gasteiger partial charge in [0.2, 0.25) is 15.9 Å². The molecule has 162 valence electrons. The number of hydrogen-bond acceptors (Lipinski definition) is 4. The monoisotopic (exact) mass is 429 g/mol. The largest absolute Gasteiger partial charge is 0.353 e. The number of nitrogens with zero attached hydrogens (tertiary/aromatic N) is 2. The van der Waals surface area contributed by atoms with E-state index in [1.165, 1.54) is 9.87 Å². The van der Waals surface area contributed by atoms with Crippen molar-refractivity contribution < 1.29 is 13.2 Å². The van der Waals surface area contributed by atoms with Crippen LogP contribution in [0.5, 0.6) is 0 Å². The van der Waals surface area contributed by atoms with Crippen molar-refractivity contribution in [1.29, 1.82) is 0 Å². The fourth-order valence-corrected chi connectivity index (χ4v) is 5.18. The summed E-state index contributed by atoms with van der Waals surface area (Å²) in [7, 11) is -3.33. The SMILES string of the molecule is C[C@@H](CCc1ccccc1)NC(=O)CN1CCN(S(=O)(=O)Cc2ccccc2)CC1. The van der Waals surface area contributed by atoms with Crippen molar-refractivity contribution in [2.24, 2.45) is 0 Å². The lowest BCUT2D eigenvalue weighted by Crippen LogP contribution is -2.51. The highest BCUT2D eigenvalue weighted by Gasteiger charge is 2.27. The molecule has 2 aromatic carbocycles. The lowest BCUT2D eigenvalue weighted by atomic mass is 10.1. The summed E-state index contributed by atoms with van der Waals surface area (Å²) in [6.45, 7) is 4.31. The minimum absolute atomic E-state index is 0.00356. The summed E-state index contributed by atoms with van der Waals surface area (Å²) < 4.78 is 26.8. The molecular formula is C23H31N3O3S. The van der Waals surface area contributed by atoms with Crippen LogP contribution in [0.3, 0.4) is 0 Å². The second-order valence-electron chi connectivity index (χ2n) is 7.91. The van der Waals surface area contributed by atoms with Crippen LogP contribution in [0.15, 0.2) is 60.7 Å². The van der Waals surface area contributed by atoms with E-state index >= 15 is 0 Å². The van der Waals surface area contributed by atoms with Crippen LogP contribution < -0.4 is 5.32 Å². The van der Waals surface area contributed by atoms with Gasteiger partial charge in [-0.05, 0) is 30.9 Å². The Bertz CT molecular complexity index is 896. The van der Waals surface area contributed by atoms with Gasteiger partial charge in [-0.3, -0.25) is 9.69 Å². The van der Waals surface area contributed by atoms with E-state index in [9.17, 15) is 13.2 Å². The van der Waals surface area contributed by atoms with Crippen LogP contribution in [0, 0.1) is 0 Å². The van der Waals surface area contributed by atoms with Crippen LogP contribution in [0.1, 0.15) is 24.5 Å². The van der Waals surface area contributed by atoms with Gasteiger partial charge in [-0.25, -0.2) is 8.42 Å². The summed E-state index contributed by atoms with van der Waals surface area (Å²) in [5.41, 5.74) is 2.07. The highest BCUT2D eigenvalue weighted by Crippen LogP contribution is 2.13. The van der Waals surface area contributed by atoms with E-state index in [0.717, 1.165) is 18.4 Å². The molecule has 1 saturated heterocycles. The Morgan fingerprint density at radius 1 is 0.933 bits per heavy atom. The molecule has 0 aromatic heterocycles. The Morgan fingerprint density at radius 2 is 1.50 bits per heavy atom. The Morgan fingerprint density at radius 3 is 2.10 bits per heavy atom. The van der Waals surface area contributed by atoms with Crippen molar-refractivity contribution in [3.8, 4) is 0 Å². The van der Waals surface area contributed by atoms with Gasteiger partial charge in [-0.1, -0.05) is 60.7 Å². The summed E-state index contributed by atoms with van der Waals surface area (Å²) in [5.74, 6) is 0.0175. The van der Waals surface area contributed by atoms with Crippen molar-refractivity contribution in [1.82, 2.24) is 14.5 Å². The van der Waals surface area contributed by atoms with Crippen molar-refractivity contribution in [2.45, 2.75) is 31.6 Å². The number of benzene rings is 2. The first-order valence-corrected chi connectivity index (χ1v) is 12.1. The maximum Gasteiger partial charge on any atom is 0.234 e. The maximum atomic E-state index is 12.6. The first-order valence-electron chi connectivity index (χ1n) is 10.5. The van der Waals surface area contributed by atoms with Gasteiger partial charge in [0.1, 0.15) is 0 Å². The molecule has 1 atom stereocenters. The first kappa shape index (κ1) is 22.5. The average molecular weight is 430 g/mol. The number of nitrogens with one attached hydrogen (secondary N) is 1. The average Bonchev–Trinajstić information content (AvgIpc) is 2.74. The fourth-order valence-electron chi connectivity index (χ4n) is 3.67. The summed E-state index contributed by atoms with van der Waals surface area (Å²) in [5, 5.41) is 3.06. The quantitative estimate of drug-likeness (QED) is 0.664. The van der Waals surface area contributed by atoms with Crippen molar-refractivity contribution in [2.75, 3.05) is 32.7 Å². The number of piperazine rings is 1. The van der Waals surface area contributed by atoms with Crippen LogP contribution in [-0.4, -0.2) is 62.3 Å². The van der Waals surface area contributed by atoms with Crippen LogP contribution in [0.4, 0.5) is 0 Å². The molecule has 1 N–H and O–H groups in total. The minimum atomic E-state index is -3.33. The van der Waals surface area contributed by atoms with Crippen LogP contribution in [0.2, 0.25) is 0 Å². The van der Waals surface area contributed by atoms with Gasteiger partial charge in [0.15, 0.2) is 0 Å². The summed E-state index contributed by atoms with van der Waals surface area (Å²) >= 11 is 0. The van der Waals surface area contributed by atoms with Crippen LogP contribution in [0.25, 0.3) is 0 Å². The van der Waals surface area contributed by atoms with E-state index in [4.69, 9.17) is 0 Å². The maximum absolute atomic E-state index is 12.6. The molecule has 0 aliphatic carbocycles. The second kappa shape index (κ2) is 10.7. The zero-order chi connectivity index (χ0) is 21.4. The summed E-state index contributed by atoms with van der Waals surface area (Å²) in [6, 6.07) is 19.6. The lowest BCUT2D eigenvalue weighted by Gasteiger charge is -2.33. The third-order valence-electron chi connectivity index (χ3n) is 5.40. The van der Waals surface area contributed by atoms with Crippen molar-refractivity contribution in [3.63, 3.8) is 0 Å². The molecule has 0 unspecified atom stereocenters. The standard InChI is InChI=1S/C23H31N3O3S/c1-20(12-13-21-8-4-2-5-9-21)24-23(27)18-25-14-16-26(17-15-25)30(28,29)19-22-10-6-3-7-11-22/h2-11,20H,12-19H2,1H3,(H,24,27)/t20-/m0/s1. The van der Waals surface area contributed by atoms with Gasteiger partial charge in [-0.2, -0.15) is 4.31 Å². The first-order chi connectivity index (χ1) is 14.4. The topological polar surface area (TPSA) is 69.7 Å². The molecule has 1 aliphatic rings. The molecule has 1 fully saturated rings. The highest BCUT2D eigenvalue weighted by atomic mass is 32.2. The molecule has 2 aromatic rings. The molecular weight excluding hydrogens is 398 g/mol. The van der Waals surface area contributed by atoms with Crippen molar-refractivity contribution >= 4 is 15.9 Å². The number of rotatable bonds is 9. The molecule has 0 spiro atoms. The van der Waals surface area contributed by atoms with Gasteiger partial charge in [-0.15, -0.1) is 0 Å². The normalized spacial score (nSPS) is 16.8. The van der Waals surface area contributed by atoms with Gasteiger partial charge in [0, 0.05) is 32.2 Å². The number of aryl methyl sites for hydroxylation is 1. The van der Waals surface area contributed by atoms with Gasteiger partial charge in [0.25, 0.3) is 0 Å². The minimum Gasteiger partial charge on any atom is -0.353 e. The molecule has 30 heavy (non-hydrogen) atoms. The van der Waals surface area contributed by atoms with Crippen LogP contribution >= 0.6 is 0 Å². The Labute approximate surface area is 179 Å². The van der Waals surface area contributed by atoms with E-state index < -0.39 is 10.0 Å². The molecule has 1 aliphatic heterocycles. The van der Waals surface area contributed by atoms with Crippen LogP contribution in [-0.2, 0) is 27.0 Å². The zero-order valence-electron chi connectivity index (χ0n) is 17.5. The number of carbonyl (C=O) groups is 1. The highest BCUT2D eigenvalue weighted by molar-refractivity contribution is 7.88. The lowest BCUT2D eigenvalue weighted by molar-refractivity contribution is -0.123. The Hall–Kier alpha value is -2.22. The number of hydrogen-bond donors (Lipinski definition) is 1. The van der Waals surface area contributed by atoms with E-state index in [1.807, 2.05) is 60.4 Å². The zero-order valence-corrected chi connectivity index (χ0v) is 18.4. The van der Waals surface area contributed by atoms with E-state index in [2.05, 4.69) is 17.4 Å². The molecule has 1 heterocycles. The molecule has 7 heteroatoms. The summed E-state index contributed by atoms with van der Waals surface area (Å²) in [6.07, 6.45) is 1.82. The van der Waals surface area contributed by atoms with E-state index in [-0.39, 0.29) is 17.7 Å². The van der Waals surface area contributed by atoms with Gasteiger partial charge >= 0.3 is 0 Å². The van der Waals surface area contributed by atoms with E-state index in [1.54, 1.807) is 0 Å². The molecule has 0 bridgehead atoms. The smallest absolute Gasteiger partial charge is 0.234 e. The molecule has 0 radical (unpaired) electrons. The predicted molar refractivity (Wildman–Crippen MR) is 119 cm³/mol. The fraction of sp³-hybridized carbons (Fsp3) is 0.435. The second-order valence-corrected chi connectivity index (χ2v) is 9.88. The Balaban J connectivity index is 1.39. The third kappa shape index (κ3) is 6.93. The third-order valence-corrected chi connectivity index (χ3v) is 7.25. The predicted octanol–water partition coefficient (Wildman–Crippen LogP) is 2.27. The molecule has 3 rings (SSSR count). The number of amides is 1. The summed E-state index contributed by atoms with van der Waals surface area (Å²) in [4.78, 5) is 14.4. The Kier molecular flexibility index (Phi) is 8.01. The van der Waals surface area contributed by atoms with Crippen molar-refractivity contribution in [3.05, 3.63) is 71.8 Å². The number of sulfonamides is 1.